The molecule has 0 saturated heterocycles. The highest BCUT2D eigenvalue weighted by atomic mass is 16.5. The molecule has 1 unspecified atom stereocenters. The summed E-state index contributed by atoms with van der Waals surface area (Å²) in [7, 11) is 3.68. The molecule has 1 fully saturated rings. The van der Waals surface area contributed by atoms with Crippen LogP contribution in [0.5, 0.6) is 0 Å². The Labute approximate surface area is 122 Å². The molecule has 0 amide bonds. The van der Waals surface area contributed by atoms with Crippen molar-refractivity contribution >= 4 is 0 Å². The average molecular weight is 280 g/mol. The van der Waals surface area contributed by atoms with E-state index >= 15 is 0 Å². The van der Waals surface area contributed by atoms with Gasteiger partial charge < -0.3 is 9.84 Å². The van der Waals surface area contributed by atoms with Gasteiger partial charge in [-0.2, -0.15) is 5.10 Å². The van der Waals surface area contributed by atoms with E-state index in [1.165, 1.54) is 0 Å². The van der Waals surface area contributed by atoms with Gasteiger partial charge in [0.1, 0.15) is 0 Å². The van der Waals surface area contributed by atoms with Crippen molar-refractivity contribution < 1.29 is 9.84 Å². The molecule has 1 heterocycles. The van der Waals surface area contributed by atoms with E-state index in [9.17, 15) is 5.11 Å². The third-order valence-corrected chi connectivity index (χ3v) is 4.93. The summed E-state index contributed by atoms with van der Waals surface area (Å²) < 4.78 is 7.64. The van der Waals surface area contributed by atoms with Crippen LogP contribution in [0.3, 0.4) is 0 Å². The monoisotopic (exact) mass is 280 g/mol. The maximum Gasteiger partial charge on any atom is 0.0940 e. The zero-order valence-electron chi connectivity index (χ0n) is 13.2. The van der Waals surface area contributed by atoms with E-state index in [0.29, 0.717) is 6.42 Å². The number of rotatable bonds is 5. The van der Waals surface area contributed by atoms with Crippen molar-refractivity contribution in [3.8, 4) is 0 Å². The highest BCUT2D eigenvalue weighted by Gasteiger charge is 2.41. The number of aryl methyl sites for hydroxylation is 2. The van der Waals surface area contributed by atoms with Crippen LogP contribution in [-0.4, -0.2) is 33.7 Å². The Hall–Kier alpha value is -0.870. The van der Waals surface area contributed by atoms with Crippen molar-refractivity contribution in [2.45, 2.75) is 64.1 Å². The number of ether oxygens (including phenoxy) is 1. The second kappa shape index (κ2) is 6.27. The van der Waals surface area contributed by atoms with E-state index in [4.69, 9.17) is 4.74 Å². The first-order valence-corrected chi connectivity index (χ1v) is 7.75. The molecule has 4 heteroatoms. The minimum atomic E-state index is -0.458. The van der Waals surface area contributed by atoms with Crippen molar-refractivity contribution in [2.75, 3.05) is 7.11 Å². The average Bonchev–Trinajstić information content (AvgIpc) is 2.80. The van der Waals surface area contributed by atoms with Gasteiger partial charge in [0, 0.05) is 26.3 Å². The SMILES string of the molecule is CCc1cc(CC(O)C2(OC)CCC(C)CC2)n(C)n1. The summed E-state index contributed by atoms with van der Waals surface area (Å²) in [6.07, 6.45) is 5.25. The molecule has 4 nitrogen and oxygen atoms in total. The predicted molar refractivity (Wildman–Crippen MR) is 79.7 cm³/mol. The summed E-state index contributed by atoms with van der Waals surface area (Å²) in [6.45, 7) is 4.38. The largest absolute Gasteiger partial charge is 0.390 e. The zero-order valence-corrected chi connectivity index (χ0v) is 13.2. The number of methoxy groups -OCH3 is 1. The van der Waals surface area contributed by atoms with Crippen LogP contribution in [0, 0.1) is 5.92 Å². The Morgan fingerprint density at radius 2 is 2.15 bits per heavy atom. The Morgan fingerprint density at radius 3 is 2.65 bits per heavy atom. The first-order valence-electron chi connectivity index (χ1n) is 7.75. The van der Waals surface area contributed by atoms with Crippen LogP contribution < -0.4 is 0 Å². The van der Waals surface area contributed by atoms with Crippen molar-refractivity contribution in [1.82, 2.24) is 9.78 Å². The molecular weight excluding hydrogens is 252 g/mol. The maximum absolute atomic E-state index is 10.7. The highest BCUT2D eigenvalue weighted by Crippen LogP contribution is 2.37. The molecule has 20 heavy (non-hydrogen) atoms. The molecule has 1 aromatic rings. The summed E-state index contributed by atoms with van der Waals surface area (Å²) in [4.78, 5) is 0. The van der Waals surface area contributed by atoms with Crippen molar-refractivity contribution in [3.63, 3.8) is 0 Å². The number of nitrogens with zero attached hydrogens (tertiary/aromatic N) is 2. The number of aliphatic hydroxyl groups is 1. The van der Waals surface area contributed by atoms with Gasteiger partial charge in [-0.05, 0) is 44.1 Å². The molecule has 1 aliphatic rings. The summed E-state index contributed by atoms with van der Waals surface area (Å²) in [5.41, 5.74) is 1.80. The number of aromatic nitrogens is 2. The third-order valence-electron chi connectivity index (χ3n) is 4.93. The summed E-state index contributed by atoms with van der Waals surface area (Å²) in [5.74, 6) is 0.744. The van der Waals surface area contributed by atoms with Crippen LogP contribution in [0.15, 0.2) is 6.07 Å². The van der Waals surface area contributed by atoms with Gasteiger partial charge in [-0.3, -0.25) is 4.68 Å². The molecule has 1 N–H and O–H groups in total. The van der Waals surface area contributed by atoms with Crippen LogP contribution >= 0.6 is 0 Å². The van der Waals surface area contributed by atoms with Gasteiger partial charge in [-0.25, -0.2) is 0 Å². The van der Waals surface area contributed by atoms with Gasteiger partial charge in [0.05, 0.1) is 17.4 Å². The molecule has 2 rings (SSSR count). The molecular formula is C16H28N2O2. The van der Waals surface area contributed by atoms with Crippen LogP contribution in [0.1, 0.15) is 50.9 Å². The molecule has 0 aliphatic heterocycles. The van der Waals surface area contributed by atoms with Gasteiger partial charge >= 0.3 is 0 Å². The molecule has 1 aromatic heterocycles. The van der Waals surface area contributed by atoms with Crippen molar-refractivity contribution in [3.05, 3.63) is 17.5 Å². The van der Waals surface area contributed by atoms with E-state index in [1.54, 1.807) is 7.11 Å². The van der Waals surface area contributed by atoms with Gasteiger partial charge in [-0.15, -0.1) is 0 Å². The van der Waals surface area contributed by atoms with Crippen molar-refractivity contribution in [1.29, 1.82) is 0 Å². The van der Waals surface area contributed by atoms with Crippen LogP contribution in [0.25, 0.3) is 0 Å². The smallest absolute Gasteiger partial charge is 0.0940 e. The molecule has 0 radical (unpaired) electrons. The molecule has 1 atom stereocenters. The minimum Gasteiger partial charge on any atom is -0.390 e. The molecule has 1 saturated carbocycles. The molecule has 114 valence electrons. The van der Waals surface area contributed by atoms with Crippen LogP contribution in [0.4, 0.5) is 0 Å². The molecule has 1 aliphatic carbocycles. The quantitative estimate of drug-likeness (QED) is 0.901. The Bertz CT molecular complexity index is 434. The van der Waals surface area contributed by atoms with Gasteiger partial charge in [-0.1, -0.05) is 13.8 Å². The third kappa shape index (κ3) is 3.07. The fourth-order valence-corrected chi connectivity index (χ4v) is 3.24. The van der Waals surface area contributed by atoms with Crippen molar-refractivity contribution in [2.24, 2.45) is 13.0 Å². The normalized spacial score (nSPS) is 28.6. The van der Waals surface area contributed by atoms with E-state index in [-0.39, 0.29) is 5.60 Å². The van der Waals surface area contributed by atoms with E-state index in [1.807, 2.05) is 11.7 Å². The number of aliphatic hydroxyl groups excluding tert-OH is 1. The van der Waals surface area contributed by atoms with E-state index < -0.39 is 6.10 Å². The Balaban J connectivity index is 2.09. The first-order chi connectivity index (χ1) is 9.50. The lowest BCUT2D eigenvalue weighted by molar-refractivity contribution is -0.127. The van der Waals surface area contributed by atoms with E-state index in [2.05, 4.69) is 25.0 Å². The molecule has 0 spiro atoms. The van der Waals surface area contributed by atoms with Gasteiger partial charge in [0.2, 0.25) is 0 Å². The summed E-state index contributed by atoms with van der Waals surface area (Å²) in [5, 5.41) is 15.2. The second-order valence-electron chi connectivity index (χ2n) is 6.28. The van der Waals surface area contributed by atoms with E-state index in [0.717, 1.165) is 49.4 Å². The standard InChI is InChI=1S/C16H28N2O2/c1-5-13-10-14(18(3)17-13)11-15(19)16(20-4)8-6-12(2)7-9-16/h10,12,15,19H,5-9,11H2,1-4H3. The molecule has 0 bridgehead atoms. The minimum absolute atomic E-state index is 0.372. The topological polar surface area (TPSA) is 47.3 Å². The second-order valence-corrected chi connectivity index (χ2v) is 6.28. The van der Waals surface area contributed by atoms with Crippen LogP contribution in [0.2, 0.25) is 0 Å². The summed E-state index contributed by atoms with van der Waals surface area (Å²) in [6, 6.07) is 2.10. The van der Waals surface area contributed by atoms with Gasteiger partial charge in [0.25, 0.3) is 0 Å². The molecule has 0 aromatic carbocycles. The fourth-order valence-electron chi connectivity index (χ4n) is 3.24. The lowest BCUT2D eigenvalue weighted by Crippen LogP contribution is -2.48. The lowest BCUT2D eigenvalue weighted by Gasteiger charge is -2.41. The van der Waals surface area contributed by atoms with Gasteiger partial charge in [0.15, 0.2) is 0 Å². The number of hydrogen-bond donors (Lipinski definition) is 1. The maximum atomic E-state index is 10.7. The highest BCUT2D eigenvalue weighted by molar-refractivity contribution is 5.12. The zero-order chi connectivity index (χ0) is 14.8. The summed E-state index contributed by atoms with van der Waals surface area (Å²) >= 11 is 0. The van der Waals surface area contributed by atoms with Crippen LogP contribution in [-0.2, 0) is 24.6 Å². The number of hydrogen-bond acceptors (Lipinski definition) is 3. The lowest BCUT2D eigenvalue weighted by atomic mass is 9.75. The first kappa shape index (κ1) is 15.5. The Morgan fingerprint density at radius 1 is 1.50 bits per heavy atom. The Kier molecular flexibility index (Phi) is 4.86. The predicted octanol–water partition coefficient (Wildman–Crippen LogP) is 2.48. The fraction of sp³-hybridized carbons (Fsp3) is 0.812.